The Morgan fingerprint density at radius 1 is 1.23 bits per heavy atom. The molecule has 0 bridgehead atoms. The van der Waals surface area contributed by atoms with Gasteiger partial charge in [-0.25, -0.2) is 0 Å². The first-order valence-electron chi connectivity index (χ1n) is 9.97. The van der Waals surface area contributed by atoms with E-state index < -0.39 is 0 Å². The molecule has 1 N–H and O–H groups in total. The molecule has 0 spiro atoms. The zero-order valence-electron chi connectivity index (χ0n) is 17.2. The number of hydrogen-bond donors (Lipinski definition) is 1. The molecule has 0 fully saturated rings. The molecule has 6 nitrogen and oxygen atoms in total. The van der Waals surface area contributed by atoms with E-state index in [4.69, 9.17) is 16.3 Å². The third kappa shape index (κ3) is 4.62. The number of ether oxygens (including phenoxy) is 1. The SMILES string of the molecule is CCOc1ccc(C2CC(=O)Nc3c2c(=O)nc(SCc2cccc(Cl)c2)n3C)cc1. The van der Waals surface area contributed by atoms with Gasteiger partial charge in [0.1, 0.15) is 11.6 Å². The minimum atomic E-state index is -0.349. The Labute approximate surface area is 189 Å². The van der Waals surface area contributed by atoms with Crippen molar-refractivity contribution in [3.63, 3.8) is 0 Å². The van der Waals surface area contributed by atoms with Gasteiger partial charge in [-0.2, -0.15) is 4.98 Å². The normalized spacial score (nSPS) is 15.3. The number of benzene rings is 2. The third-order valence-corrected chi connectivity index (χ3v) is 6.49. The van der Waals surface area contributed by atoms with Gasteiger partial charge in [0.2, 0.25) is 5.91 Å². The van der Waals surface area contributed by atoms with E-state index in [1.807, 2.05) is 62.5 Å². The van der Waals surface area contributed by atoms with Crippen LogP contribution in [-0.4, -0.2) is 22.1 Å². The van der Waals surface area contributed by atoms with Gasteiger partial charge in [0.15, 0.2) is 5.16 Å². The largest absolute Gasteiger partial charge is 0.494 e. The number of hydrogen-bond acceptors (Lipinski definition) is 5. The van der Waals surface area contributed by atoms with Crippen molar-refractivity contribution in [1.82, 2.24) is 9.55 Å². The maximum absolute atomic E-state index is 13.0. The first-order valence-corrected chi connectivity index (χ1v) is 11.3. The Morgan fingerprint density at radius 2 is 2.00 bits per heavy atom. The number of aromatic nitrogens is 2. The van der Waals surface area contributed by atoms with Gasteiger partial charge in [-0.15, -0.1) is 0 Å². The highest BCUT2D eigenvalue weighted by atomic mass is 35.5. The molecule has 1 aliphatic heterocycles. The van der Waals surface area contributed by atoms with E-state index in [2.05, 4.69) is 10.3 Å². The number of nitrogens with zero attached hydrogens (tertiary/aromatic N) is 2. The standard InChI is InChI=1S/C23H22ClN3O3S/c1-3-30-17-9-7-15(8-10-17)18-12-19(28)25-21-20(18)22(29)26-23(27(21)2)31-13-14-5-4-6-16(24)11-14/h4-11,18H,3,12-13H2,1-2H3,(H,25,28). The predicted molar refractivity (Wildman–Crippen MR) is 123 cm³/mol. The number of thioether (sulfide) groups is 1. The number of carbonyl (C=O) groups excluding carboxylic acids is 1. The lowest BCUT2D eigenvalue weighted by Crippen LogP contribution is -2.33. The van der Waals surface area contributed by atoms with Crippen LogP contribution < -0.4 is 15.6 Å². The Balaban J connectivity index is 1.67. The van der Waals surface area contributed by atoms with E-state index in [0.717, 1.165) is 16.9 Å². The first kappa shape index (κ1) is 21.5. The first-order chi connectivity index (χ1) is 15.0. The number of rotatable bonds is 6. The van der Waals surface area contributed by atoms with Crippen LogP contribution in [0.1, 0.15) is 36.0 Å². The minimum Gasteiger partial charge on any atom is -0.494 e. The van der Waals surface area contributed by atoms with Crippen LogP contribution >= 0.6 is 23.4 Å². The zero-order valence-corrected chi connectivity index (χ0v) is 18.8. The van der Waals surface area contributed by atoms with Crippen molar-refractivity contribution < 1.29 is 9.53 Å². The Morgan fingerprint density at radius 3 is 2.71 bits per heavy atom. The average Bonchev–Trinajstić information content (AvgIpc) is 2.75. The van der Waals surface area contributed by atoms with Gasteiger partial charge in [0.05, 0.1) is 12.2 Å². The zero-order chi connectivity index (χ0) is 22.0. The Bertz CT molecular complexity index is 1180. The van der Waals surface area contributed by atoms with Crippen molar-refractivity contribution in [2.45, 2.75) is 30.2 Å². The molecular formula is C23H22ClN3O3S. The van der Waals surface area contributed by atoms with Crippen molar-refractivity contribution >= 4 is 35.1 Å². The second-order valence-corrected chi connectivity index (χ2v) is 8.63. The molecule has 8 heteroatoms. The molecule has 3 aromatic rings. The Kier molecular flexibility index (Phi) is 6.34. The number of nitrogens with one attached hydrogen (secondary N) is 1. The molecule has 160 valence electrons. The molecular weight excluding hydrogens is 434 g/mol. The van der Waals surface area contributed by atoms with Crippen molar-refractivity contribution in [1.29, 1.82) is 0 Å². The second-order valence-electron chi connectivity index (χ2n) is 7.25. The highest BCUT2D eigenvalue weighted by molar-refractivity contribution is 7.98. The Hall–Kier alpha value is -2.77. The highest BCUT2D eigenvalue weighted by Crippen LogP contribution is 2.36. The summed E-state index contributed by atoms with van der Waals surface area (Å²) in [7, 11) is 1.81. The van der Waals surface area contributed by atoms with Gasteiger partial charge in [-0.1, -0.05) is 47.6 Å². The fraction of sp³-hybridized carbons (Fsp3) is 0.261. The summed E-state index contributed by atoms with van der Waals surface area (Å²) in [5.41, 5.74) is 2.11. The third-order valence-electron chi connectivity index (χ3n) is 5.15. The van der Waals surface area contributed by atoms with Crippen LogP contribution in [0.5, 0.6) is 5.75 Å². The quantitative estimate of drug-likeness (QED) is 0.434. The van der Waals surface area contributed by atoms with Crippen molar-refractivity contribution in [2.24, 2.45) is 7.05 Å². The summed E-state index contributed by atoms with van der Waals surface area (Å²) < 4.78 is 7.28. The summed E-state index contributed by atoms with van der Waals surface area (Å²) in [6.45, 7) is 2.50. The fourth-order valence-corrected chi connectivity index (χ4v) is 4.81. The van der Waals surface area contributed by atoms with Crippen LogP contribution in [-0.2, 0) is 17.6 Å². The summed E-state index contributed by atoms with van der Waals surface area (Å²) in [5, 5.41) is 4.07. The second kappa shape index (κ2) is 9.16. The summed E-state index contributed by atoms with van der Waals surface area (Å²) in [5.74, 6) is 1.39. The molecule has 0 saturated heterocycles. The average molecular weight is 456 g/mol. The summed E-state index contributed by atoms with van der Waals surface area (Å²) in [6, 6.07) is 15.1. The van der Waals surface area contributed by atoms with E-state index in [1.54, 1.807) is 4.57 Å². The van der Waals surface area contributed by atoms with Gasteiger partial charge in [0, 0.05) is 30.2 Å². The predicted octanol–water partition coefficient (Wildman–Crippen LogP) is 4.60. The number of carbonyl (C=O) groups is 1. The van der Waals surface area contributed by atoms with Crippen LogP contribution in [0.3, 0.4) is 0 Å². The van der Waals surface area contributed by atoms with Crippen molar-refractivity contribution in [3.8, 4) is 5.75 Å². The number of halogens is 1. The lowest BCUT2D eigenvalue weighted by molar-refractivity contribution is -0.116. The fourth-order valence-electron chi connectivity index (χ4n) is 3.69. The molecule has 0 radical (unpaired) electrons. The van der Waals surface area contributed by atoms with Gasteiger partial charge in [0.25, 0.3) is 5.56 Å². The molecule has 1 amide bonds. The van der Waals surface area contributed by atoms with Crippen LogP contribution in [0.25, 0.3) is 0 Å². The van der Waals surface area contributed by atoms with Crippen molar-refractivity contribution in [2.75, 3.05) is 11.9 Å². The van der Waals surface area contributed by atoms with Crippen LogP contribution in [0.15, 0.2) is 58.5 Å². The van der Waals surface area contributed by atoms with E-state index >= 15 is 0 Å². The smallest absolute Gasteiger partial charge is 0.279 e. The minimum absolute atomic E-state index is 0.127. The van der Waals surface area contributed by atoms with Crippen molar-refractivity contribution in [3.05, 3.63) is 80.6 Å². The number of anilines is 1. The molecule has 0 saturated carbocycles. The molecule has 0 aliphatic carbocycles. The van der Waals surface area contributed by atoms with E-state index in [9.17, 15) is 9.59 Å². The van der Waals surface area contributed by atoms with Gasteiger partial charge < -0.3 is 14.6 Å². The topological polar surface area (TPSA) is 73.2 Å². The molecule has 2 heterocycles. The number of fused-ring (bicyclic) bond motifs is 1. The molecule has 1 aromatic heterocycles. The summed E-state index contributed by atoms with van der Waals surface area (Å²) in [4.78, 5) is 29.8. The molecule has 1 atom stereocenters. The molecule has 2 aromatic carbocycles. The number of amides is 1. The maximum atomic E-state index is 13.0. The lowest BCUT2D eigenvalue weighted by Gasteiger charge is -2.27. The lowest BCUT2D eigenvalue weighted by atomic mass is 9.87. The van der Waals surface area contributed by atoms with Crippen LogP contribution in [0.4, 0.5) is 5.82 Å². The summed E-state index contributed by atoms with van der Waals surface area (Å²) in [6.07, 6.45) is 0.201. The van der Waals surface area contributed by atoms with E-state index in [0.29, 0.717) is 33.9 Å². The highest BCUT2D eigenvalue weighted by Gasteiger charge is 2.32. The van der Waals surface area contributed by atoms with Crippen LogP contribution in [0, 0.1) is 0 Å². The van der Waals surface area contributed by atoms with Gasteiger partial charge >= 0.3 is 0 Å². The van der Waals surface area contributed by atoms with E-state index in [-0.39, 0.29) is 23.8 Å². The monoisotopic (exact) mass is 455 g/mol. The maximum Gasteiger partial charge on any atom is 0.279 e. The summed E-state index contributed by atoms with van der Waals surface area (Å²) >= 11 is 7.49. The molecule has 4 rings (SSSR count). The van der Waals surface area contributed by atoms with Crippen LogP contribution in [0.2, 0.25) is 5.02 Å². The van der Waals surface area contributed by atoms with E-state index in [1.165, 1.54) is 11.8 Å². The van der Waals surface area contributed by atoms with Gasteiger partial charge in [-0.05, 0) is 42.3 Å². The molecule has 1 unspecified atom stereocenters. The van der Waals surface area contributed by atoms with Gasteiger partial charge in [-0.3, -0.25) is 9.59 Å². The molecule has 31 heavy (non-hydrogen) atoms. The molecule has 1 aliphatic rings.